The summed E-state index contributed by atoms with van der Waals surface area (Å²) < 4.78 is 6.76. The highest BCUT2D eigenvalue weighted by molar-refractivity contribution is 9.11. The second-order valence-corrected chi connectivity index (χ2v) is 6.44. The third-order valence-corrected chi connectivity index (χ3v) is 4.90. The predicted octanol–water partition coefficient (Wildman–Crippen LogP) is 2.69. The highest BCUT2D eigenvalue weighted by Crippen LogP contribution is 2.36. The van der Waals surface area contributed by atoms with Crippen molar-refractivity contribution < 1.29 is 14.7 Å². The molecule has 0 spiro atoms. The van der Waals surface area contributed by atoms with Crippen molar-refractivity contribution in [2.24, 2.45) is 16.3 Å². The highest BCUT2D eigenvalue weighted by Gasteiger charge is 2.44. The van der Waals surface area contributed by atoms with Gasteiger partial charge in [-0.3, -0.25) is 4.79 Å². The van der Waals surface area contributed by atoms with Crippen molar-refractivity contribution in [2.45, 2.75) is 12.8 Å². The molecule has 1 saturated heterocycles. The van der Waals surface area contributed by atoms with Gasteiger partial charge in [-0.15, -0.1) is 0 Å². The van der Waals surface area contributed by atoms with Gasteiger partial charge in [-0.25, -0.2) is 0 Å². The molecule has 0 atom stereocenters. The third kappa shape index (κ3) is 3.22. The largest absolute Gasteiger partial charge is 0.409 e. The summed E-state index contributed by atoms with van der Waals surface area (Å²) in [7, 11) is 0. The van der Waals surface area contributed by atoms with Gasteiger partial charge in [0.2, 0.25) is 5.91 Å². The first-order valence-electron chi connectivity index (χ1n) is 6.32. The molecule has 2 rings (SSSR count). The molecule has 4 N–H and O–H groups in total. The summed E-state index contributed by atoms with van der Waals surface area (Å²) in [6, 6.07) is 5.48. The highest BCUT2D eigenvalue weighted by atomic mass is 79.9. The van der Waals surface area contributed by atoms with E-state index >= 15 is 0 Å². The number of hydrogen-bond acceptors (Lipinski definition) is 4. The maximum atomic E-state index is 12.7. The number of nitrogens with two attached hydrogens (primary N) is 1. The summed E-state index contributed by atoms with van der Waals surface area (Å²) in [6.45, 7) is 0.779. The third-order valence-electron chi connectivity index (χ3n) is 3.58. The van der Waals surface area contributed by atoms with Crippen molar-refractivity contribution in [3.63, 3.8) is 0 Å². The molecule has 8 heteroatoms. The Morgan fingerprint density at radius 2 is 1.90 bits per heavy atom. The van der Waals surface area contributed by atoms with E-state index < -0.39 is 5.41 Å². The molecule has 1 aliphatic rings. The predicted molar refractivity (Wildman–Crippen MR) is 86.4 cm³/mol. The Kier molecular flexibility index (Phi) is 5.23. The van der Waals surface area contributed by atoms with Gasteiger partial charge in [-0.2, -0.15) is 0 Å². The molecule has 1 heterocycles. The Morgan fingerprint density at radius 1 is 1.33 bits per heavy atom. The fourth-order valence-corrected chi connectivity index (χ4v) is 3.46. The van der Waals surface area contributed by atoms with Crippen LogP contribution in [-0.2, 0) is 9.53 Å². The lowest BCUT2D eigenvalue weighted by Gasteiger charge is -2.34. The van der Waals surface area contributed by atoms with Gasteiger partial charge in [0.25, 0.3) is 0 Å². The molecular formula is C13H15Br2N3O3. The number of rotatable bonds is 3. The van der Waals surface area contributed by atoms with Gasteiger partial charge in [-0.1, -0.05) is 11.2 Å². The van der Waals surface area contributed by atoms with Crippen LogP contribution >= 0.6 is 31.9 Å². The Bertz CT molecular complexity index is 552. The van der Waals surface area contributed by atoms with Crippen LogP contribution in [0.4, 0.5) is 5.69 Å². The van der Waals surface area contributed by atoms with E-state index in [1.54, 1.807) is 0 Å². The van der Waals surface area contributed by atoms with E-state index in [2.05, 4.69) is 42.3 Å². The number of oxime groups is 1. The number of amides is 1. The van der Waals surface area contributed by atoms with Crippen LogP contribution < -0.4 is 11.1 Å². The van der Waals surface area contributed by atoms with Crippen LogP contribution in [0.2, 0.25) is 0 Å². The molecule has 114 valence electrons. The number of amidine groups is 1. The van der Waals surface area contributed by atoms with E-state index in [1.165, 1.54) is 0 Å². The van der Waals surface area contributed by atoms with Gasteiger partial charge in [0.15, 0.2) is 5.84 Å². The topological polar surface area (TPSA) is 96.9 Å². The fourth-order valence-electron chi connectivity index (χ4n) is 2.27. The lowest BCUT2D eigenvalue weighted by Crippen LogP contribution is -2.50. The summed E-state index contributed by atoms with van der Waals surface area (Å²) in [6.07, 6.45) is 0.744. The number of nitrogens with one attached hydrogen (secondary N) is 1. The maximum Gasteiger partial charge on any atom is 0.238 e. The van der Waals surface area contributed by atoms with E-state index in [9.17, 15) is 4.79 Å². The van der Waals surface area contributed by atoms with Gasteiger partial charge >= 0.3 is 0 Å². The maximum absolute atomic E-state index is 12.7. The molecule has 0 saturated carbocycles. The smallest absolute Gasteiger partial charge is 0.238 e. The Morgan fingerprint density at radius 3 is 2.43 bits per heavy atom. The summed E-state index contributed by atoms with van der Waals surface area (Å²) in [5, 5.41) is 14.9. The van der Waals surface area contributed by atoms with Crippen molar-refractivity contribution in [1.82, 2.24) is 0 Å². The molecule has 1 fully saturated rings. The minimum absolute atomic E-state index is 0.0912. The molecule has 0 aromatic heterocycles. The van der Waals surface area contributed by atoms with Crippen LogP contribution in [0.15, 0.2) is 32.3 Å². The molecule has 0 unspecified atom stereocenters. The van der Waals surface area contributed by atoms with Gasteiger partial charge in [0, 0.05) is 22.2 Å². The van der Waals surface area contributed by atoms with E-state index in [0.717, 1.165) is 8.95 Å². The molecule has 6 nitrogen and oxygen atoms in total. The number of nitrogens with zero attached hydrogens (tertiary/aromatic N) is 1. The van der Waals surface area contributed by atoms with Crippen LogP contribution in [0, 0.1) is 5.41 Å². The quantitative estimate of drug-likeness (QED) is 0.303. The zero-order valence-corrected chi connectivity index (χ0v) is 14.3. The average Bonchev–Trinajstić information content (AvgIpc) is 2.50. The zero-order valence-electron chi connectivity index (χ0n) is 11.1. The number of halogens is 2. The summed E-state index contributed by atoms with van der Waals surface area (Å²) in [4.78, 5) is 12.7. The molecule has 0 radical (unpaired) electrons. The van der Waals surface area contributed by atoms with Crippen molar-refractivity contribution in [2.75, 3.05) is 18.5 Å². The minimum Gasteiger partial charge on any atom is -0.409 e. The van der Waals surface area contributed by atoms with Gasteiger partial charge in [0.05, 0.1) is 5.69 Å². The normalized spacial score (nSPS) is 18.3. The van der Waals surface area contributed by atoms with Crippen LogP contribution in [0.25, 0.3) is 0 Å². The van der Waals surface area contributed by atoms with Gasteiger partial charge in [0.1, 0.15) is 5.41 Å². The first kappa shape index (κ1) is 16.3. The van der Waals surface area contributed by atoms with Crippen molar-refractivity contribution in [1.29, 1.82) is 0 Å². The lowest BCUT2D eigenvalue weighted by atomic mass is 9.78. The Balaban J connectivity index is 2.32. The number of ether oxygens (including phenoxy) is 1. The lowest BCUT2D eigenvalue weighted by molar-refractivity contribution is -0.126. The number of hydrogen-bond donors (Lipinski definition) is 3. The Hall–Kier alpha value is -1.12. The standard InChI is InChI=1S/C13H15Br2N3O3/c14-8-2-1-3-9(15)10(8)17-12(19)13(11(16)18-20)4-6-21-7-5-13/h1-3,20H,4-7H2,(H2,16,18)(H,17,19). The first-order valence-corrected chi connectivity index (χ1v) is 7.91. The van der Waals surface area contributed by atoms with Crippen molar-refractivity contribution in [3.05, 3.63) is 27.1 Å². The van der Waals surface area contributed by atoms with Crippen LogP contribution in [0.1, 0.15) is 12.8 Å². The van der Waals surface area contributed by atoms with Gasteiger partial charge < -0.3 is 21.0 Å². The second-order valence-electron chi connectivity index (χ2n) is 4.73. The summed E-state index contributed by atoms with van der Waals surface area (Å²) >= 11 is 6.78. The summed E-state index contributed by atoms with van der Waals surface area (Å²) in [5.41, 5.74) is 5.33. The summed E-state index contributed by atoms with van der Waals surface area (Å²) in [5.74, 6) is -0.403. The van der Waals surface area contributed by atoms with E-state index in [0.29, 0.717) is 31.7 Å². The van der Waals surface area contributed by atoms with Crippen LogP contribution in [0.3, 0.4) is 0 Å². The monoisotopic (exact) mass is 419 g/mol. The molecular weight excluding hydrogens is 406 g/mol. The molecule has 1 aromatic carbocycles. The zero-order chi connectivity index (χ0) is 15.5. The minimum atomic E-state index is -1.05. The molecule has 1 aliphatic heterocycles. The number of benzene rings is 1. The number of carbonyl (C=O) groups is 1. The van der Waals surface area contributed by atoms with Crippen molar-refractivity contribution in [3.8, 4) is 0 Å². The number of anilines is 1. The Labute approximate surface area is 139 Å². The van der Waals surface area contributed by atoms with E-state index in [1.807, 2.05) is 18.2 Å². The molecule has 21 heavy (non-hydrogen) atoms. The van der Waals surface area contributed by atoms with Crippen molar-refractivity contribution >= 4 is 49.3 Å². The molecule has 1 amide bonds. The number of para-hydroxylation sites is 1. The van der Waals surface area contributed by atoms with E-state index in [4.69, 9.17) is 15.7 Å². The SMILES string of the molecule is N/C(=N/O)C1(C(=O)Nc2c(Br)cccc2Br)CCOCC1. The first-order chi connectivity index (χ1) is 10.0. The van der Waals surface area contributed by atoms with Crippen LogP contribution in [-0.4, -0.2) is 30.2 Å². The van der Waals surface area contributed by atoms with Gasteiger partial charge in [-0.05, 0) is 56.8 Å². The molecule has 0 bridgehead atoms. The average molecular weight is 421 g/mol. The van der Waals surface area contributed by atoms with E-state index in [-0.39, 0.29) is 11.7 Å². The van der Waals surface area contributed by atoms with Crippen LogP contribution in [0.5, 0.6) is 0 Å². The molecule has 0 aliphatic carbocycles. The second kappa shape index (κ2) is 6.76. The fraction of sp³-hybridized carbons (Fsp3) is 0.385. The molecule has 1 aromatic rings. The number of carbonyl (C=O) groups excluding carboxylic acids is 1.